The molecular weight excluding hydrogens is 272 g/mol. The van der Waals surface area contributed by atoms with Crippen molar-refractivity contribution in [3.8, 4) is 0 Å². The van der Waals surface area contributed by atoms with E-state index in [-0.39, 0.29) is 17.4 Å². The summed E-state index contributed by atoms with van der Waals surface area (Å²) < 4.78 is 0. The second-order valence-electron chi connectivity index (χ2n) is 6.82. The highest BCUT2D eigenvalue weighted by atomic mass is 16.6. The first-order chi connectivity index (χ1) is 10.1. The minimum atomic E-state index is -0.574. The summed E-state index contributed by atoms with van der Waals surface area (Å²) in [5, 5.41) is 20.0. The Hall–Kier alpha value is -1.92. The summed E-state index contributed by atoms with van der Waals surface area (Å²) in [4.78, 5) is 22.7. The maximum atomic E-state index is 12.3. The van der Waals surface area contributed by atoms with Gasteiger partial charge in [-0.25, -0.2) is 0 Å². The number of nitrogens with zero attached hydrogens (tertiary/aromatic N) is 2. The lowest BCUT2D eigenvalue weighted by molar-refractivity contribution is -0.385. The maximum Gasteiger partial charge on any atom is 0.319 e. The summed E-state index contributed by atoms with van der Waals surface area (Å²) in [6.07, 6.45) is 7.24. The Balaban J connectivity index is 1.52. The average molecular weight is 290 g/mol. The van der Waals surface area contributed by atoms with E-state index in [4.69, 9.17) is 0 Å². The molecule has 0 aliphatic heterocycles. The quantitative estimate of drug-likeness (QED) is 0.655. The van der Waals surface area contributed by atoms with Gasteiger partial charge in [0.15, 0.2) is 0 Å². The number of carbonyl (C=O) groups is 1. The smallest absolute Gasteiger partial charge is 0.319 e. The molecule has 4 aliphatic carbocycles. The molecule has 0 unspecified atom stereocenters. The number of carbonyl (C=O) groups excluding carboxylic acids is 1. The van der Waals surface area contributed by atoms with Crippen LogP contribution in [0, 0.1) is 33.8 Å². The van der Waals surface area contributed by atoms with E-state index in [1.165, 1.54) is 32.1 Å². The molecule has 0 spiro atoms. The number of nitro groups is 1. The van der Waals surface area contributed by atoms with E-state index in [1.807, 2.05) is 0 Å². The van der Waals surface area contributed by atoms with Crippen LogP contribution in [0.25, 0.3) is 0 Å². The molecule has 1 heterocycles. The van der Waals surface area contributed by atoms with Crippen LogP contribution in [-0.4, -0.2) is 27.1 Å². The molecule has 0 aromatic carbocycles. The van der Waals surface area contributed by atoms with Crippen LogP contribution in [-0.2, 0) is 0 Å². The molecule has 4 aliphatic rings. The van der Waals surface area contributed by atoms with Gasteiger partial charge < -0.3 is 5.32 Å². The SMILES string of the molecule is O=C(NC1C2CC3CC(C2)CC1C3)c1[nH]ncc1[N+](=O)[O-]. The number of hydrogen-bond acceptors (Lipinski definition) is 4. The van der Waals surface area contributed by atoms with Crippen molar-refractivity contribution in [3.63, 3.8) is 0 Å². The Kier molecular flexibility index (Phi) is 2.77. The molecule has 0 radical (unpaired) electrons. The van der Waals surface area contributed by atoms with Crippen molar-refractivity contribution < 1.29 is 9.72 Å². The van der Waals surface area contributed by atoms with Crippen LogP contribution in [0.3, 0.4) is 0 Å². The largest absolute Gasteiger partial charge is 0.347 e. The molecule has 4 saturated carbocycles. The van der Waals surface area contributed by atoms with E-state index in [2.05, 4.69) is 15.5 Å². The second kappa shape index (κ2) is 4.54. The first kappa shape index (κ1) is 12.8. The van der Waals surface area contributed by atoms with Crippen LogP contribution in [0.2, 0.25) is 0 Å². The molecule has 4 fully saturated rings. The molecule has 112 valence electrons. The molecule has 0 atom stereocenters. The first-order valence-electron chi connectivity index (χ1n) is 7.60. The fourth-order valence-corrected chi connectivity index (χ4v) is 4.97. The highest BCUT2D eigenvalue weighted by Gasteiger charge is 2.48. The molecule has 21 heavy (non-hydrogen) atoms. The fourth-order valence-electron chi connectivity index (χ4n) is 4.97. The maximum absolute atomic E-state index is 12.3. The molecule has 1 amide bonds. The van der Waals surface area contributed by atoms with Crippen molar-refractivity contribution in [3.05, 3.63) is 22.0 Å². The minimum Gasteiger partial charge on any atom is -0.347 e. The summed E-state index contributed by atoms with van der Waals surface area (Å²) in [7, 11) is 0. The topological polar surface area (TPSA) is 101 Å². The highest BCUT2D eigenvalue weighted by molar-refractivity contribution is 5.96. The Morgan fingerprint density at radius 2 is 1.86 bits per heavy atom. The van der Waals surface area contributed by atoms with E-state index in [9.17, 15) is 14.9 Å². The monoisotopic (exact) mass is 290 g/mol. The predicted molar refractivity (Wildman–Crippen MR) is 73.5 cm³/mol. The van der Waals surface area contributed by atoms with Crippen LogP contribution < -0.4 is 5.32 Å². The normalized spacial score (nSPS) is 36.7. The zero-order chi connectivity index (χ0) is 14.6. The Labute approximate surface area is 121 Å². The van der Waals surface area contributed by atoms with Gasteiger partial charge in [0, 0.05) is 6.04 Å². The van der Waals surface area contributed by atoms with E-state index >= 15 is 0 Å². The zero-order valence-corrected chi connectivity index (χ0v) is 11.6. The van der Waals surface area contributed by atoms with Gasteiger partial charge in [-0.2, -0.15) is 5.10 Å². The fraction of sp³-hybridized carbons (Fsp3) is 0.714. The first-order valence-corrected chi connectivity index (χ1v) is 7.60. The molecule has 1 aromatic heterocycles. The number of amides is 1. The third kappa shape index (κ3) is 2.02. The van der Waals surface area contributed by atoms with E-state index in [0.29, 0.717) is 11.8 Å². The zero-order valence-electron chi connectivity index (χ0n) is 11.6. The van der Waals surface area contributed by atoms with Crippen molar-refractivity contribution in [1.29, 1.82) is 0 Å². The van der Waals surface area contributed by atoms with Gasteiger partial charge in [0.05, 0.1) is 4.92 Å². The van der Waals surface area contributed by atoms with Gasteiger partial charge in [0.25, 0.3) is 5.91 Å². The Morgan fingerprint density at radius 1 is 1.24 bits per heavy atom. The summed E-state index contributed by atoms with van der Waals surface area (Å²) in [6, 6.07) is 0.174. The molecule has 4 bridgehead atoms. The van der Waals surface area contributed by atoms with Gasteiger partial charge in [0.1, 0.15) is 6.20 Å². The number of rotatable bonds is 3. The van der Waals surface area contributed by atoms with Gasteiger partial charge in [-0.15, -0.1) is 0 Å². The van der Waals surface area contributed by atoms with Crippen molar-refractivity contribution in [2.75, 3.05) is 0 Å². The predicted octanol–water partition coefficient (Wildman–Crippen LogP) is 1.87. The molecule has 7 heteroatoms. The third-order valence-electron chi connectivity index (χ3n) is 5.57. The lowest BCUT2D eigenvalue weighted by Crippen LogP contribution is -2.55. The van der Waals surface area contributed by atoms with Crippen LogP contribution >= 0.6 is 0 Å². The lowest BCUT2D eigenvalue weighted by Gasteiger charge is -2.54. The minimum absolute atomic E-state index is 0.0335. The van der Waals surface area contributed by atoms with Crippen LogP contribution in [0.1, 0.15) is 42.6 Å². The van der Waals surface area contributed by atoms with Gasteiger partial charge in [-0.05, 0) is 55.8 Å². The number of hydrogen-bond donors (Lipinski definition) is 2. The van der Waals surface area contributed by atoms with Crippen LogP contribution in [0.5, 0.6) is 0 Å². The van der Waals surface area contributed by atoms with Crippen LogP contribution in [0.4, 0.5) is 5.69 Å². The number of aromatic amines is 1. The van der Waals surface area contributed by atoms with Gasteiger partial charge in [-0.3, -0.25) is 20.0 Å². The second-order valence-corrected chi connectivity index (χ2v) is 6.82. The van der Waals surface area contributed by atoms with Crippen molar-refractivity contribution >= 4 is 11.6 Å². The molecule has 0 saturated heterocycles. The molecule has 2 N–H and O–H groups in total. The standard InChI is InChI=1S/C14H18N4O3/c19-14(13-11(18(20)21)6-15-17-13)16-12-9-2-7-1-8(4-9)5-10(12)3-7/h6-10,12H,1-5H2,(H,15,17)(H,16,19). The lowest BCUT2D eigenvalue weighted by atomic mass is 9.54. The van der Waals surface area contributed by atoms with Crippen LogP contribution in [0.15, 0.2) is 6.20 Å². The summed E-state index contributed by atoms with van der Waals surface area (Å²) in [5.41, 5.74) is -0.287. The van der Waals surface area contributed by atoms with Crippen molar-refractivity contribution in [1.82, 2.24) is 15.5 Å². The van der Waals surface area contributed by atoms with Crippen molar-refractivity contribution in [2.24, 2.45) is 23.7 Å². The summed E-state index contributed by atoms with van der Waals surface area (Å²) in [6.45, 7) is 0. The van der Waals surface area contributed by atoms with Gasteiger partial charge >= 0.3 is 5.69 Å². The summed E-state index contributed by atoms with van der Waals surface area (Å²) in [5.74, 6) is 2.38. The number of H-pyrrole nitrogens is 1. The molecule has 5 rings (SSSR count). The van der Waals surface area contributed by atoms with Gasteiger partial charge in [-0.1, -0.05) is 0 Å². The van der Waals surface area contributed by atoms with Gasteiger partial charge in [0.2, 0.25) is 5.69 Å². The average Bonchev–Trinajstić information content (AvgIpc) is 2.91. The Bertz CT molecular complexity index is 569. The molecular formula is C14H18N4O3. The van der Waals surface area contributed by atoms with Crippen molar-refractivity contribution in [2.45, 2.75) is 38.1 Å². The highest BCUT2D eigenvalue weighted by Crippen LogP contribution is 2.53. The third-order valence-corrected chi connectivity index (χ3v) is 5.57. The Morgan fingerprint density at radius 3 is 2.43 bits per heavy atom. The number of nitrogens with one attached hydrogen (secondary N) is 2. The van der Waals surface area contributed by atoms with E-state index < -0.39 is 10.8 Å². The number of aromatic nitrogens is 2. The van der Waals surface area contributed by atoms with E-state index in [0.717, 1.165) is 18.0 Å². The molecule has 7 nitrogen and oxygen atoms in total. The van der Waals surface area contributed by atoms with E-state index in [1.54, 1.807) is 0 Å². The summed E-state index contributed by atoms with van der Waals surface area (Å²) >= 11 is 0. The molecule has 1 aromatic rings.